The van der Waals surface area contributed by atoms with Crippen molar-refractivity contribution in [2.45, 2.75) is 0 Å². The molecule has 20 heavy (non-hydrogen) atoms. The second-order valence-electron chi connectivity index (χ2n) is 3.83. The Kier molecular flexibility index (Phi) is 3.60. The van der Waals surface area contributed by atoms with Crippen molar-refractivity contribution < 1.29 is 23.5 Å². The number of carbonyl (C=O) groups is 2. The molecule has 1 aromatic heterocycles. The van der Waals surface area contributed by atoms with Crippen molar-refractivity contribution in [2.75, 3.05) is 18.6 Å². The number of ether oxygens (including phenoxy) is 2. The van der Waals surface area contributed by atoms with Gasteiger partial charge < -0.3 is 25.4 Å². The van der Waals surface area contributed by atoms with Gasteiger partial charge in [0, 0.05) is 5.69 Å². The predicted octanol–water partition coefficient (Wildman–Crippen LogP) is 1.45. The molecule has 0 saturated heterocycles. The molecule has 4 N–H and O–H groups in total. The first-order chi connectivity index (χ1) is 9.54. The fraction of sp³-hybridized carbons (Fsp3) is 0.0769. The van der Waals surface area contributed by atoms with Crippen LogP contribution in [0.5, 0.6) is 5.75 Å². The number of nitrogen functional groups attached to an aromatic ring is 2. The molecule has 1 heterocycles. The Morgan fingerprint density at radius 2 is 1.90 bits per heavy atom. The minimum Gasteiger partial charge on any atom is -0.472 e. The quantitative estimate of drug-likeness (QED) is 0.494. The number of methoxy groups -OCH3 is 1. The third-order valence-corrected chi connectivity index (χ3v) is 2.59. The van der Waals surface area contributed by atoms with Gasteiger partial charge in [-0.3, -0.25) is 0 Å². The van der Waals surface area contributed by atoms with Crippen LogP contribution in [-0.4, -0.2) is 19.0 Å². The Labute approximate surface area is 114 Å². The summed E-state index contributed by atoms with van der Waals surface area (Å²) in [4.78, 5) is 23.4. The summed E-state index contributed by atoms with van der Waals surface area (Å²) in [6, 6.07) is 4.24. The zero-order valence-electron chi connectivity index (χ0n) is 10.6. The summed E-state index contributed by atoms with van der Waals surface area (Å²) in [5, 5.41) is 0. The zero-order valence-corrected chi connectivity index (χ0v) is 10.6. The van der Waals surface area contributed by atoms with Crippen LogP contribution in [-0.2, 0) is 4.74 Å². The maximum atomic E-state index is 11.8. The van der Waals surface area contributed by atoms with E-state index in [1.807, 2.05) is 0 Å². The van der Waals surface area contributed by atoms with Gasteiger partial charge in [-0.05, 0) is 18.2 Å². The molecule has 0 radical (unpaired) electrons. The maximum absolute atomic E-state index is 11.8. The number of hydrogen-bond acceptors (Lipinski definition) is 7. The molecule has 0 spiro atoms. The summed E-state index contributed by atoms with van der Waals surface area (Å²) in [6.07, 6.45) is 2.57. The van der Waals surface area contributed by atoms with Crippen molar-refractivity contribution in [3.8, 4) is 5.75 Å². The van der Waals surface area contributed by atoms with Crippen LogP contribution in [0.25, 0.3) is 0 Å². The van der Waals surface area contributed by atoms with Crippen LogP contribution in [0.2, 0.25) is 0 Å². The van der Waals surface area contributed by atoms with Crippen molar-refractivity contribution in [2.24, 2.45) is 0 Å². The van der Waals surface area contributed by atoms with E-state index < -0.39 is 11.9 Å². The van der Waals surface area contributed by atoms with E-state index >= 15 is 0 Å². The molecule has 0 aliphatic rings. The van der Waals surface area contributed by atoms with Crippen molar-refractivity contribution >= 4 is 23.3 Å². The van der Waals surface area contributed by atoms with Crippen LogP contribution in [0.4, 0.5) is 11.4 Å². The minimum atomic E-state index is -0.707. The van der Waals surface area contributed by atoms with Gasteiger partial charge in [0.2, 0.25) is 0 Å². The van der Waals surface area contributed by atoms with Gasteiger partial charge in [0.25, 0.3) is 0 Å². The summed E-state index contributed by atoms with van der Waals surface area (Å²) in [7, 11) is 1.20. The lowest BCUT2D eigenvalue weighted by Crippen LogP contribution is -2.13. The molecule has 0 amide bonds. The smallest absolute Gasteiger partial charge is 0.346 e. The van der Waals surface area contributed by atoms with E-state index in [-0.39, 0.29) is 28.3 Å². The van der Waals surface area contributed by atoms with Crippen molar-refractivity contribution in [3.63, 3.8) is 0 Å². The standard InChI is InChI=1S/C13H12N2O5/c1-18-13(17)10-8(14)2-3-9(11(10)15)20-12(16)7-4-5-19-6-7/h2-6H,14-15H2,1H3. The summed E-state index contributed by atoms with van der Waals surface area (Å²) < 4.78 is 14.4. The lowest BCUT2D eigenvalue weighted by molar-refractivity contribution is 0.0600. The molecular weight excluding hydrogens is 264 g/mol. The number of carbonyl (C=O) groups excluding carboxylic acids is 2. The SMILES string of the molecule is COC(=O)c1c(N)ccc(OC(=O)c2ccoc2)c1N. The minimum absolute atomic E-state index is 0.0193. The molecule has 0 saturated carbocycles. The van der Waals surface area contributed by atoms with Crippen LogP contribution in [0.1, 0.15) is 20.7 Å². The van der Waals surface area contributed by atoms with E-state index in [9.17, 15) is 9.59 Å². The highest BCUT2D eigenvalue weighted by Gasteiger charge is 2.20. The average Bonchev–Trinajstić information content (AvgIpc) is 2.96. The van der Waals surface area contributed by atoms with Gasteiger partial charge in [0.1, 0.15) is 11.8 Å². The Morgan fingerprint density at radius 3 is 2.50 bits per heavy atom. The van der Waals surface area contributed by atoms with E-state index in [4.69, 9.17) is 20.6 Å². The van der Waals surface area contributed by atoms with Crippen molar-refractivity contribution in [1.82, 2.24) is 0 Å². The highest BCUT2D eigenvalue weighted by atomic mass is 16.5. The third-order valence-electron chi connectivity index (χ3n) is 2.59. The van der Waals surface area contributed by atoms with Crippen LogP contribution in [0, 0.1) is 0 Å². The monoisotopic (exact) mass is 276 g/mol. The Morgan fingerprint density at radius 1 is 1.15 bits per heavy atom. The van der Waals surface area contributed by atoms with Crippen LogP contribution >= 0.6 is 0 Å². The summed E-state index contributed by atoms with van der Waals surface area (Å²) in [5.74, 6) is -1.35. The summed E-state index contributed by atoms with van der Waals surface area (Å²) in [6.45, 7) is 0. The highest BCUT2D eigenvalue weighted by Crippen LogP contribution is 2.31. The number of hydrogen-bond donors (Lipinski definition) is 2. The first-order valence-electron chi connectivity index (χ1n) is 5.55. The Hall–Kier alpha value is -2.96. The molecule has 2 rings (SSSR count). The maximum Gasteiger partial charge on any atom is 0.346 e. The number of benzene rings is 1. The normalized spacial score (nSPS) is 10.1. The summed E-state index contributed by atoms with van der Waals surface area (Å²) in [5.41, 5.74) is 11.7. The van der Waals surface area contributed by atoms with Gasteiger partial charge in [-0.1, -0.05) is 0 Å². The second kappa shape index (κ2) is 5.35. The van der Waals surface area contributed by atoms with Gasteiger partial charge in [-0.25, -0.2) is 9.59 Å². The van der Waals surface area contributed by atoms with Gasteiger partial charge in [0.05, 0.1) is 24.6 Å². The molecule has 0 fully saturated rings. The number of nitrogens with two attached hydrogens (primary N) is 2. The van der Waals surface area contributed by atoms with Crippen molar-refractivity contribution in [1.29, 1.82) is 0 Å². The number of rotatable bonds is 3. The largest absolute Gasteiger partial charge is 0.472 e. The topological polar surface area (TPSA) is 118 Å². The Bertz CT molecular complexity index is 649. The molecule has 0 atom stereocenters. The molecular formula is C13H12N2O5. The highest BCUT2D eigenvalue weighted by molar-refractivity contribution is 6.02. The van der Waals surface area contributed by atoms with Crippen molar-refractivity contribution in [3.05, 3.63) is 41.9 Å². The second-order valence-corrected chi connectivity index (χ2v) is 3.83. The van der Waals surface area contributed by atoms with E-state index in [1.54, 1.807) is 0 Å². The fourth-order valence-corrected chi connectivity index (χ4v) is 1.58. The predicted molar refractivity (Wildman–Crippen MR) is 70.3 cm³/mol. The molecule has 0 bridgehead atoms. The number of anilines is 2. The molecule has 2 aromatic rings. The number of furan rings is 1. The molecule has 7 nitrogen and oxygen atoms in total. The lowest BCUT2D eigenvalue weighted by atomic mass is 10.1. The van der Waals surface area contributed by atoms with Crippen LogP contribution < -0.4 is 16.2 Å². The van der Waals surface area contributed by atoms with Crippen LogP contribution in [0.3, 0.4) is 0 Å². The Balaban J connectivity index is 2.34. The average molecular weight is 276 g/mol. The van der Waals surface area contributed by atoms with Gasteiger partial charge in [0.15, 0.2) is 5.75 Å². The molecule has 0 unspecified atom stereocenters. The molecule has 104 valence electrons. The zero-order chi connectivity index (χ0) is 14.7. The first-order valence-corrected chi connectivity index (χ1v) is 5.55. The molecule has 0 aliphatic heterocycles. The fourth-order valence-electron chi connectivity index (χ4n) is 1.58. The van der Waals surface area contributed by atoms with E-state index in [2.05, 4.69) is 4.74 Å². The van der Waals surface area contributed by atoms with E-state index in [0.29, 0.717) is 0 Å². The third kappa shape index (κ3) is 2.41. The van der Waals surface area contributed by atoms with Crippen LogP contribution in [0.15, 0.2) is 35.1 Å². The molecule has 0 aliphatic carbocycles. The van der Waals surface area contributed by atoms with Gasteiger partial charge >= 0.3 is 11.9 Å². The number of esters is 2. The summed E-state index contributed by atoms with van der Waals surface area (Å²) >= 11 is 0. The first kappa shape index (κ1) is 13.5. The lowest BCUT2D eigenvalue weighted by Gasteiger charge is -2.11. The van der Waals surface area contributed by atoms with E-state index in [0.717, 1.165) is 0 Å². The van der Waals surface area contributed by atoms with Gasteiger partial charge in [-0.2, -0.15) is 0 Å². The molecule has 7 heteroatoms. The molecule has 1 aromatic carbocycles. The van der Waals surface area contributed by atoms with Gasteiger partial charge in [-0.15, -0.1) is 0 Å². The van der Waals surface area contributed by atoms with E-state index in [1.165, 1.54) is 37.8 Å².